The summed E-state index contributed by atoms with van der Waals surface area (Å²) in [7, 11) is 0. The highest BCUT2D eigenvalue weighted by atomic mass is 32.2. The van der Waals surface area contributed by atoms with Crippen molar-refractivity contribution >= 4 is 23.8 Å². The fourth-order valence-electron chi connectivity index (χ4n) is 2.11. The molecule has 2 amide bonds. The summed E-state index contributed by atoms with van der Waals surface area (Å²) in [6.45, 7) is 3.62. The zero-order valence-electron chi connectivity index (χ0n) is 11.2. The van der Waals surface area contributed by atoms with Gasteiger partial charge in [-0.1, -0.05) is 0 Å². The summed E-state index contributed by atoms with van der Waals surface area (Å²) < 4.78 is 0. The van der Waals surface area contributed by atoms with Crippen LogP contribution in [0.25, 0.3) is 0 Å². The number of carboxylic acid groups (broad SMARTS) is 1. The molecule has 19 heavy (non-hydrogen) atoms. The van der Waals surface area contributed by atoms with Gasteiger partial charge in [0.1, 0.15) is 0 Å². The van der Waals surface area contributed by atoms with Gasteiger partial charge in [0.2, 0.25) is 0 Å². The maximum Gasteiger partial charge on any atom is 0.320 e. The van der Waals surface area contributed by atoms with Crippen molar-refractivity contribution in [3.63, 3.8) is 0 Å². The van der Waals surface area contributed by atoms with E-state index in [4.69, 9.17) is 10.2 Å². The predicted octanol–water partition coefficient (Wildman–Crippen LogP) is 0.703. The molecule has 1 saturated heterocycles. The van der Waals surface area contributed by atoms with E-state index in [2.05, 4.69) is 0 Å². The monoisotopic (exact) mass is 290 g/mol. The molecule has 7 heteroatoms. The Balaban J connectivity index is 2.66. The van der Waals surface area contributed by atoms with Crippen LogP contribution in [0.4, 0.5) is 4.79 Å². The number of aliphatic carboxylic acids is 1. The van der Waals surface area contributed by atoms with Crippen LogP contribution >= 0.6 is 11.8 Å². The minimum absolute atomic E-state index is 0.00368. The standard InChI is InChI=1S/C12H22N2O4S/c1-2-13(4-3-6-15)12(18)14-5-7-19-9-10(14)8-11(16)17/h10,15H,2-9H2,1H3,(H,16,17). The molecule has 1 aliphatic rings. The number of carbonyl (C=O) groups is 2. The summed E-state index contributed by atoms with van der Waals surface area (Å²) >= 11 is 1.69. The van der Waals surface area contributed by atoms with E-state index in [9.17, 15) is 9.59 Å². The van der Waals surface area contributed by atoms with Crippen LogP contribution in [-0.4, -0.2) is 75.8 Å². The van der Waals surface area contributed by atoms with Gasteiger partial charge < -0.3 is 20.0 Å². The van der Waals surface area contributed by atoms with Crippen molar-refractivity contribution in [1.29, 1.82) is 0 Å². The van der Waals surface area contributed by atoms with Crippen molar-refractivity contribution in [3.05, 3.63) is 0 Å². The molecule has 0 aliphatic carbocycles. The first-order chi connectivity index (χ1) is 9.10. The van der Waals surface area contributed by atoms with Crippen molar-refractivity contribution in [3.8, 4) is 0 Å². The van der Waals surface area contributed by atoms with Crippen LogP contribution in [0.1, 0.15) is 19.8 Å². The third-order valence-corrected chi connectivity index (χ3v) is 4.21. The van der Waals surface area contributed by atoms with Gasteiger partial charge in [-0.2, -0.15) is 11.8 Å². The summed E-state index contributed by atoms with van der Waals surface area (Å²) in [5.41, 5.74) is 0. The Hall–Kier alpha value is -0.950. The van der Waals surface area contributed by atoms with Crippen molar-refractivity contribution in [2.45, 2.75) is 25.8 Å². The summed E-state index contributed by atoms with van der Waals surface area (Å²) in [5.74, 6) is 0.651. The first-order valence-corrected chi connectivity index (χ1v) is 7.71. The van der Waals surface area contributed by atoms with E-state index in [1.54, 1.807) is 21.6 Å². The average molecular weight is 290 g/mol. The van der Waals surface area contributed by atoms with Crippen LogP contribution in [0, 0.1) is 0 Å². The van der Waals surface area contributed by atoms with Gasteiger partial charge in [0.25, 0.3) is 0 Å². The SMILES string of the molecule is CCN(CCCO)C(=O)N1CCSCC1CC(=O)O. The van der Waals surface area contributed by atoms with Crippen LogP contribution in [0.5, 0.6) is 0 Å². The van der Waals surface area contributed by atoms with Crippen LogP contribution in [-0.2, 0) is 4.79 Å². The molecule has 1 fully saturated rings. The number of carboxylic acids is 1. The molecule has 6 nitrogen and oxygen atoms in total. The molecule has 110 valence electrons. The lowest BCUT2D eigenvalue weighted by molar-refractivity contribution is -0.138. The molecule has 0 bridgehead atoms. The summed E-state index contributed by atoms with van der Waals surface area (Å²) in [6.07, 6.45) is 0.544. The number of hydrogen-bond donors (Lipinski definition) is 2. The molecule has 0 aromatic carbocycles. The molecule has 0 spiro atoms. The van der Waals surface area contributed by atoms with Crippen molar-refractivity contribution in [2.24, 2.45) is 0 Å². The Bertz CT molecular complexity index is 314. The van der Waals surface area contributed by atoms with Crippen LogP contribution < -0.4 is 0 Å². The summed E-state index contributed by atoms with van der Waals surface area (Å²) in [6, 6.07) is -0.338. The lowest BCUT2D eigenvalue weighted by Crippen LogP contribution is -2.52. The van der Waals surface area contributed by atoms with Gasteiger partial charge in [0.15, 0.2) is 0 Å². The van der Waals surface area contributed by atoms with Gasteiger partial charge >= 0.3 is 12.0 Å². The number of amides is 2. The quantitative estimate of drug-likeness (QED) is 0.753. The topological polar surface area (TPSA) is 81.1 Å². The number of aliphatic hydroxyl groups excluding tert-OH is 1. The van der Waals surface area contributed by atoms with E-state index in [0.717, 1.165) is 5.75 Å². The van der Waals surface area contributed by atoms with E-state index < -0.39 is 5.97 Å². The lowest BCUT2D eigenvalue weighted by Gasteiger charge is -2.38. The molecule has 0 aromatic rings. The second kappa shape index (κ2) is 8.27. The molecule has 1 rings (SSSR count). The minimum Gasteiger partial charge on any atom is -0.481 e. The maximum atomic E-state index is 12.4. The molecule has 0 radical (unpaired) electrons. The maximum absolute atomic E-state index is 12.4. The zero-order chi connectivity index (χ0) is 14.3. The van der Waals surface area contributed by atoms with E-state index >= 15 is 0 Å². The van der Waals surface area contributed by atoms with Gasteiger partial charge in [-0.15, -0.1) is 0 Å². The second-order valence-corrected chi connectivity index (χ2v) is 5.61. The highest BCUT2D eigenvalue weighted by Gasteiger charge is 2.31. The van der Waals surface area contributed by atoms with Gasteiger partial charge in [0, 0.05) is 37.7 Å². The van der Waals surface area contributed by atoms with Crippen LogP contribution in [0.15, 0.2) is 0 Å². The summed E-state index contributed by atoms with van der Waals surface area (Å²) in [4.78, 5) is 26.6. The van der Waals surface area contributed by atoms with E-state index in [0.29, 0.717) is 31.8 Å². The third kappa shape index (κ3) is 4.91. The molecular formula is C12H22N2O4S. The zero-order valence-corrected chi connectivity index (χ0v) is 12.1. The fourth-order valence-corrected chi connectivity index (χ4v) is 3.17. The van der Waals surface area contributed by atoms with Crippen LogP contribution in [0.3, 0.4) is 0 Å². The third-order valence-electron chi connectivity index (χ3n) is 3.12. The molecule has 1 heterocycles. The Morgan fingerprint density at radius 1 is 1.47 bits per heavy atom. The molecule has 0 saturated carbocycles. The molecule has 1 aliphatic heterocycles. The van der Waals surface area contributed by atoms with Crippen molar-refractivity contribution in [1.82, 2.24) is 9.80 Å². The molecule has 2 N–H and O–H groups in total. The number of aliphatic hydroxyl groups is 1. The Labute approximate surface area is 117 Å². The normalized spacial score (nSPS) is 19.3. The van der Waals surface area contributed by atoms with E-state index in [1.165, 1.54) is 0 Å². The highest BCUT2D eigenvalue weighted by molar-refractivity contribution is 7.99. The van der Waals surface area contributed by atoms with Crippen LogP contribution in [0.2, 0.25) is 0 Å². The largest absolute Gasteiger partial charge is 0.481 e. The molecule has 0 aromatic heterocycles. The second-order valence-electron chi connectivity index (χ2n) is 4.46. The average Bonchev–Trinajstić information content (AvgIpc) is 2.39. The van der Waals surface area contributed by atoms with Crippen molar-refractivity contribution < 1.29 is 19.8 Å². The highest BCUT2D eigenvalue weighted by Crippen LogP contribution is 2.20. The lowest BCUT2D eigenvalue weighted by atomic mass is 10.2. The Morgan fingerprint density at radius 2 is 2.21 bits per heavy atom. The van der Waals surface area contributed by atoms with E-state index in [-0.39, 0.29) is 25.1 Å². The van der Waals surface area contributed by atoms with Gasteiger partial charge in [-0.05, 0) is 13.3 Å². The van der Waals surface area contributed by atoms with Gasteiger partial charge in [-0.3, -0.25) is 4.79 Å². The predicted molar refractivity (Wildman–Crippen MR) is 74.4 cm³/mol. The number of hydrogen-bond acceptors (Lipinski definition) is 4. The van der Waals surface area contributed by atoms with Crippen molar-refractivity contribution in [2.75, 3.05) is 37.7 Å². The molecule has 1 unspecified atom stereocenters. The number of thioether (sulfide) groups is 1. The summed E-state index contributed by atoms with van der Waals surface area (Å²) in [5, 5.41) is 17.7. The minimum atomic E-state index is -0.872. The number of rotatable bonds is 6. The fraction of sp³-hybridized carbons (Fsp3) is 0.833. The number of carbonyl (C=O) groups excluding carboxylic acids is 1. The molecular weight excluding hydrogens is 268 g/mol. The molecule has 1 atom stereocenters. The van der Waals surface area contributed by atoms with E-state index in [1.807, 2.05) is 6.92 Å². The Kier molecular flexibility index (Phi) is 7.01. The number of nitrogens with zero attached hydrogens (tertiary/aromatic N) is 2. The first kappa shape index (κ1) is 16.1. The Morgan fingerprint density at radius 3 is 2.79 bits per heavy atom. The first-order valence-electron chi connectivity index (χ1n) is 6.56. The number of urea groups is 1. The van der Waals surface area contributed by atoms with Gasteiger partial charge in [0.05, 0.1) is 12.5 Å². The van der Waals surface area contributed by atoms with Gasteiger partial charge in [-0.25, -0.2) is 4.79 Å². The smallest absolute Gasteiger partial charge is 0.320 e.